The van der Waals surface area contributed by atoms with Gasteiger partial charge in [-0.05, 0) is 49.8 Å². The number of carbonyl (C=O) groups excluding carboxylic acids is 2. The number of nitriles is 1. The van der Waals surface area contributed by atoms with Gasteiger partial charge >= 0.3 is 0 Å². The number of ether oxygens (including phenoxy) is 1. The van der Waals surface area contributed by atoms with E-state index in [2.05, 4.69) is 21.7 Å². The Morgan fingerprint density at radius 3 is 2.76 bits per heavy atom. The number of hydrogen-bond donors (Lipinski definition) is 3. The van der Waals surface area contributed by atoms with Crippen LogP contribution in [-0.2, 0) is 4.79 Å². The van der Waals surface area contributed by atoms with Crippen molar-refractivity contribution in [2.45, 2.75) is 50.6 Å². The summed E-state index contributed by atoms with van der Waals surface area (Å²) in [6.07, 6.45) is 5.39. The molecule has 0 bridgehead atoms. The van der Waals surface area contributed by atoms with E-state index < -0.39 is 6.04 Å². The van der Waals surface area contributed by atoms with E-state index in [1.54, 1.807) is 13.2 Å². The minimum Gasteiger partial charge on any atom is -0.496 e. The van der Waals surface area contributed by atoms with Gasteiger partial charge in [0.2, 0.25) is 5.91 Å². The molecular formula is C22H26N4O3. The summed E-state index contributed by atoms with van der Waals surface area (Å²) in [6.45, 7) is 0. The van der Waals surface area contributed by atoms with Crippen molar-refractivity contribution in [1.82, 2.24) is 15.6 Å². The summed E-state index contributed by atoms with van der Waals surface area (Å²) in [5.74, 6) is 0.331. The van der Waals surface area contributed by atoms with Gasteiger partial charge < -0.3 is 20.4 Å². The van der Waals surface area contributed by atoms with Crippen LogP contribution >= 0.6 is 0 Å². The Kier molecular flexibility index (Phi) is 5.43. The summed E-state index contributed by atoms with van der Waals surface area (Å²) >= 11 is 0. The van der Waals surface area contributed by atoms with Crippen LogP contribution in [0.5, 0.6) is 5.75 Å². The fourth-order valence-electron chi connectivity index (χ4n) is 4.24. The predicted octanol–water partition coefficient (Wildman–Crippen LogP) is 2.88. The molecule has 1 unspecified atom stereocenters. The number of fused-ring (bicyclic) bond motifs is 1. The molecule has 1 aromatic heterocycles. The van der Waals surface area contributed by atoms with Gasteiger partial charge in [-0.1, -0.05) is 18.9 Å². The molecule has 4 rings (SSSR count). The molecule has 0 saturated heterocycles. The average Bonchev–Trinajstić information content (AvgIpc) is 3.49. The highest BCUT2D eigenvalue weighted by atomic mass is 16.5. The summed E-state index contributed by atoms with van der Waals surface area (Å²) in [6, 6.07) is 8.95. The van der Waals surface area contributed by atoms with Gasteiger partial charge in [0.25, 0.3) is 5.91 Å². The number of H-pyrrole nitrogens is 1. The number of methoxy groups -OCH3 is 1. The van der Waals surface area contributed by atoms with Crippen LogP contribution < -0.4 is 15.4 Å². The molecule has 2 saturated carbocycles. The third-order valence-electron chi connectivity index (χ3n) is 6.04. The number of nitrogens with one attached hydrogen (secondary N) is 3. The number of carbonyl (C=O) groups is 2. The van der Waals surface area contributed by atoms with Crippen molar-refractivity contribution in [3.8, 4) is 11.8 Å². The lowest BCUT2D eigenvalue weighted by Gasteiger charge is -2.31. The van der Waals surface area contributed by atoms with Crippen LogP contribution in [-0.4, -0.2) is 36.0 Å². The molecule has 3 N–H and O–H groups in total. The third kappa shape index (κ3) is 4.07. The molecule has 3 atom stereocenters. The molecule has 2 aromatic rings. The molecule has 2 aliphatic carbocycles. The smallest absolute Gasteiger partial charge is 0.267 e. The monoisotopic (exact) mass is 394 g/mol. The van der Waals surface area contributed by atoms with Crippen molar-refractivity contribution < 1.29 is 14.3 Å². The molecular weight excluding hydrogens is 368 g/mol. The minimum absolute atomic E-state index is 0.119. The summed E-state index contributed by atoms with van der Waals surface area (Å²) < 4.78 is 5.36. The lowest BCUT2D eigenvalue weighted by Crippen LogP contribution is -2.50. The van der Waals surface area contributed by atoms with Gasteiger partial charge in [0.05, 0.1) is 19.1 Å². The first-order chi connectivity index (χ1) is 14.1. The Bertz CT molecular complexity index is 957. The second-order valence-electron chi connectivity index (χ2n) is 8.03. The van der Waals surface area contributed by atoms with E-state index in [-0.39, 0.29) is 29.7 Å². The van der Waals surface area contributed by atoms with Gasteiger partial charge in [0, 0.05) is 16.9 Å². The highest BCUT2D eigenvalue weighted by Crippen LogP contribution is 2.33. The van der Waals surface area contributed by atoms with Crippen LogP contribution in [0.4, 0.5) is 0 Å². The SMILES string of the molecule is COc1cccc2[nH]c(C(=O)N[C@H]3CCCC[C@H]3C(=O)NC(C#N)C3CC3)cc12. The fraction of sp³-hybridized carbons (Fsp3) is 0.500. The number of amides is 2. The van der Waals surface area contributed by atoms with Crippen LogP contribution in [0.1, 0.15) is 49.0 Å². The van der Waals surface area contributed by atoms with E-state index in [9.17, 15) is 14.9 Å². The molecule has 0 aliphatic heterocycles. The van der Waals surface area contributed by atoms with Crippen LogP contribution in [0.3, 0.4) is 0 Å². The Hall–Kier alpha value is -3.01. The Labute approximate surface area is 169 Å². The van der Waals surface area contributed by atoms with Gasteiger partial charge in [0.1, 0.15) is 17.5 Å². The van der Waals surface area contributed by atoms with Crippen molar-refractivity contribution in [2.75, 3.05) is 7.11 Å². The molecule has 2 amide bonds. The quantitative estimate of drug-likeness (QED) is 0.700. The first kappa shape index (κ1) is 19.3. The highest BCUT2D eigenvalue weighted by Gasteiger charge is 2.37. The highest BCUT2D eigenvalue weighted by molar-refractivity contribution is 6.00. The molecule has 0 radical (unpaired) electrons. The van der Waals surface area contributed by atoms with E-state index in [1.807, 2.05) is 18.2 Å². The zero-order valence-electron chi connectivity index (χ0n) is 16.5. The number of aromatic amines is 1. The average molecular weight is 394 g/mol. The van der Waals surface area contributed by atoms with Crippen LogP contribution in [0.25, 0.3) is 10.9 Å². The number of benzene rings is 1. The van der Waals surface area contributed by atoms with Gasteiger partial charge in [0.15, 0.2) is 0 Å². The second kappa shape index (κ2) is 8.16. The van der Waals surface area contributed by atoms with Gasteiger partial charge in [-0.15, -0.1) is 0 Å². The molecule has 7 nitrogen and oxygen atoms in total. The third-order valence-corrected chi connectivity index (χ3v) is 6.04. The summed E-state index contributed by atoms with van der Waals surface area (Å²) in [4.78, 5) is 28.8. The molecule has 7 heteroatoms. The Morgan fingerprint density at radius 1 is 1.24 bits per heavy atom. The Balaban J connectivity index is 1.47. The summed E-state index contributed by atoms with van der Waals surface area (Å²) in [7, 11) is 1.60. The van der Waals surface area contributed by atoms with E-state index in [4.69, 9.17) is 4.74 Å². The van der Waals surface area contributed by atoms with Crippen molar-refractivity contribution in [3.63, 3.8) is 0 Å². The number of rotatable bonds is 6. The standard InChI is InChI=1S/C22H26N4O3/c1-29-20-8-4-7-17-15(20)11-18(24-17)22(28)25-16-6-3-2-5-14(16)21(27)26-19(12-23)13-9-10-13/h4,7-8,11,13-14,16,19,24H,2-3,5-6,9-10H2,1H3,(H,25,28)(H,26,27)/t14-,16+,19?/m1/s1. The van der Waals surface area contributed by atoms with Crippen LogP contribution in [0, 0.1) is 23.2 Å². The van der Waals surface area contributed by atoms with Crippen LogP contribution in [0.2, 0.25) is 0 Å². The van der Waals surface area contributed by atoms with Crippen LogP contribution in [0.15, 0.2) is 24.3 Å². The first-order valence-electron chi connectivity index (χ1n) is 10.3. The predicted molar refractivity (Wildman–Crippen MR) is 108 cm³/mol. The summed E-state index contributed by atoms with van der Waals surface area (Å²) in [5, 5.41) is 16.1. The van der Waals surface area contributed by atoms with Crippen molar-refractivity contribution in [3.05, 3.63) is 30.0 Å². The second-order valence-corrected chi connectivity index (χ2v) is 8.03. The van der Waals surface area contributed by atoms with Gasteiger partial charge in [-0.25, -0.2) is 0 Å². The number of hydrogen-bond acceptors (Lipinski definition) is 4. The molecule has 152 valence electrons. The van der Waals surface area contributed by atoms with E-state index in [0.717, 1.165) is 49.4 Å². The minimum atomic E-state index is -0.415. The maximum Gasteiger partial charge on any atom is 0.267 e. The zero-order valence-corrected chi connectivity index (χ0v) is 16.5. The molecule has 2 aliphatic rings. The number of aromatic nitrogens is 1. The lowest BCUT2D eigenvalue weighted by atomic mass is 9.83. The first-order valence-corrected chi connectivity index (χ1v) is 10.3. The molecule has 1 aromatic carbocycles. The zero-order chi connectivity index (χ0) is 20.4. The Morgan fingerprint density at radius 2 is 2.03 bits per heavy atom. The topological polar surface area (TPSA) is 107 Å². The van der Waals surface area contributed by atoms with Gasteiger partial charge in [-0.2, -0.15) is 5.26 Å². The van der Waals surface area contributed by atoms with E-state index >= 15 is 0 Å². The molecule has 0 spiro atoms. The molecule has 29 heavy (non-hydrogen) atoms. The number of nitrogens with zero attached hydrogens (tertiary/aromatic N) is 1. The van der Waals surface area contributed by atoms with E-state index in [0.29, 0.717) is 11.4 Å². The maximum atomic E-state index is 12.9. The van der Waals surface area contributed by atoms with Crippen molar-refractivity contribution >= 4 is 22.7 Å². The van der Waals surface area contributed by atoms with Crippen molar-refractivity contribution in [2.24, 2.45) is 11.8 Å². The lowest BCUT2D eigenvalue weighted by molar-refractivity contribution is -0.127. The normalized spacial score (nSPS) is 22.5. The van der Waals surface area contributed by atoms with Gasteiger partial charge in [-0.3, -0.25) is 9.59 Å². The maximum absolute atomic E-state index is 12.9. The van der Waals surface area contributed by atoms with E-state index in [1.165, 1.54) is 0 Å². The summed E-state index contributed by atoms with van der Waals surface area (Å²) in [5.41, 5.74) is 1.27. The van der Waals surface area contributed by atoms with Crippen molar-refractivity contribution in [1.29, 1.82) is 5.26 Å². The molecule has 2 fully saturated rings. The fourth-order valence-corrected chi connectivity index (χ4v) is 4.24. The molecule has 1 heterocycles. The largest absolute Gasteiger partial charge is 0.496 e.